The Bertz CT molecular complexity index is 1490. The minimum Gasteiger partial charge on any atom is -0.343 e. The zero-order chi connectivity index (χ0) is 30.2. The predicted octanol–water partition coefficient (Wildman–Crippen LogP) is 4.35. The smallest absolute Gasteiger partial charge is 0.269 e. The molecule has 1 aliphatic heterocycles. The zero-order valence-corrected chi connectivity index (χ0v) is 22.9. The zero-order valence-electron chi connectivity index (χ0n) is 22.1. The Morgan fingerprint density at radius 3 is 1.74 bits per heavy atom. The minimum absolute atomic E-state index is 0.0751. The van der Waals surface area contributed by atoms with Crippen molar-refractivity contribution in [1.29, 1.82) is 0 Å². The standard InChI is InChI=1S/C30H25ClN4O7/c31-17-28(36)32-27(16-20-4-2-1-3-5-20)30(38)33-18-23(14-21-6-10-25(11-7-21)34(39)40)29(37)24(19-33)15-22-8-12-26(13-9-22)35(41)42/h1-15,27H,16-19H2,(H,32,36)/b23-14-,24-15+/t27-/m0/s1. The van der Waals surface area contributed by atoms with Crippen molar-refractivity contribution < 1.29 is 24.2 Å². The molecule has 0 spiro atoms. The van der Waals surface area contributed by atoms with Gasteiger partial charge in [-0.15, -0.1) is 11.6 Å². The first-order valence-corrected chi connectivity index (χ1v) is 13.3. The van der Waals surface area contributed by atoms with E-state index >= 15 is 0 Å². The molecule has 0 unspecified atom stereocenters. The number of non-ortho nitro benzene ring substituents is 2. The summed E-state index contributed by atoms with van der Waals surface area (Å²) in [4.78, 5) is 62.1. The third kappa shape index (κ3) is 7.52. The van der Waals surface area contributed by atoms with E-state index in [-0.39, 0.29) is 53.7 Å². The van der Waals surface area contributed by atoms with Gasteiger partial charge < -0.3 is 10.2 Å². The molecule has 2 amide bonds. The predicted molar refractivity (Wildman–Crippen MR) is 157 cm³/mol. The van der Waals surface area contributed by atoms with Gasteiger partial charge in [-0.3, -0.25) is 34.6 Å². The fourth-order valence-corrected chi connectivity index (χ4v) is 4.56. The molecule has 4 rings (SSSR count). The van der Waals surface area contributed by atoms with E-state index < -0.39 is 27.7 Å². The van der Waals surface area contributed by atoms with Crippen LogP contribution in [0.3, 0.4) is 0 Å². The molecule has 214 valence electrons. The van der Waals surface area contributed by atoms with E-state index in [0.29, 0.717) is 11.1 Å². The largest absolute Gasteiger partial charge is 0.343 e. The lowest BCUT2D eigenvalue weighted by atomic mass is 9.93. The second-order valence-electron chi connectivity index (χ2n) is 9.50. The van der Waals surface area contributed by atoms with E-state index in [0.717, 1.165) is 5.56 Å². The summed E-state index contributed by atoms with van der Waals surface area (Å²) in [6.07, 6.45) is 3.30. The molecule has 0 bridgehead atoms. The molecule has 0 aliphatic carbocycles. The fourth-order valence-electron chi connectivity index (χ4n) is 4.49. The first kappa shape index (κ1) is 29.8. The SMILES string of the molecule is O=C(CCl)N[C@@H](Cc1ccccc1)C(=O)N1C/C(=C/c2ccc([N+](=O)[O-])cc2)C(=O)/C(=C/c2ccc([N+](=O)[O-])cc2)C1. The highest BCUT2D eigenvalue weighted by Crippen LogP contribution is 2.25. The summed E-state index contributed by atoms with van der Waals surface area (Å²) in [6.45, 7) is -0.150. The molecule has 3 aromatic carbocycles. The molecule has 1 aliphatic rings. The van der Waals surface area contributed by atoms with E-state index in [1.807, 2.05) is 30.3 Å². The van der Waals surface area contributed by atoms with Gasteiger partial charge in [0, 0.05) is 54.9 Å². The average Bonchev–Trinajstić information content (AvgIpc) is 2.99. The topological polar surface area (TPSA) is 153 Å². The Morgan fingerprint density at radius 2 is 1.31 bits per heavy atom. The van der Waals surface area contributed by atoms with Gasteiger partial charge in [-0.2, -0.15) is 0 Å². The summed E-state index contributed by atoms with van der Waals surface area (Å²) in [5, 5.41) is 24.8. The van der Waals surface area contributed by atoms with Crippen molar-refractivity contribution in [1.82, 2.24) is 10.2 Å². The van der Waals surface area contributed by atoms with Gasteiger partial charge in [-0.1, -0.05) is 30.3 Å². The fraction of sp³-hybridized carbons (Fsp3) is 0.167. The number of rotatable bonds is 9. The number of nitrogens with one attached hydrogen (secondary N) is 1. The van der Waals surface area contributed by atoms with E-state index in [1.54, 1.807) is 12.2 Å². The monoisotopic (exact) mass is 588 g/mol. The van der Waals surface area contributed by atoms with Gasteiger partial charge in [0.05, 0.1) is 9.85 Å². The van der Waals surface area contributed by atoms with Crippen LogP contribution in [0.1, 0.15) is 16.7 Å². The summed E-state index contributed by atoms with van der Waals surface area (Å²) >= 11 is 5.71. The molecular weight excluding hydrogens is 564 g/mol. The Labute approximate surface area is 245 Å². The van der Waals surface area contributed by atoms with Crippen molar-refractivity contribution in [2.45, 2.75) is 12.5 Å². The summed E-state index contributed by atoms with van der Waals surface area (Å²) < 4.78 is 0. The van der Waals surface area contributed by atoms with Gasteiger partial charge in [-0.25, -0.2) is 0 Å². The Morgan fingerprint density at radius 1 is 0.833 bits per heavy atom. The first-order valence-electron chi connectivity index (χ1n) is 12.8. The highest BCUT2D eigenvalue weighted by Gasteiger charge is 2.33. The van der Waals surface area contributed by atoms with Crippen molar-refractivity contribution in [2.24, 2.45) is 0 Å². The third-order valence-corrected chi connectivity index (χ3v) is 6.79. The van der Waals surface area contributed by atoms with E-state index in [4.69, 9.17) is 11.6 Å². The Hall–Kier alpha value is -5.16. The van der Waals surface area contributed by atoms with Gasteiger partial charge in [0.1, 0.15) is 11.9 Å². The quantitative estimate of drug-likeness (QED) is 0.169. The van der Waals surface area contributed by atoms with Crippen LogP contribution in [0.15, 0.2) is 90.0 Å². The number of nitrogens with zero attached hydrogens (tertiary/aromatic N) is 3. The number of ketones is 1. The molecule has 0 aromatic heterocycles. The summed E-state index contributed by atoms with van der Waals surface area (Å²) in [7, 11) is 0. The molecule has 1 atom stereocenters. The first-order chi connectivity index (χ1) is 20.1. The number of likely N-dealkylation sites (tertiary alicyclic amines) is 1. The lowest BCUT2D eigenvalue weighted by Crippen LogP contribution is -2.53. The summed E-state index contributed by atoms with van der Waals surface area (Å²) in [5.74, 6) is -1.65. The number of carbonyl (C=O) groups is 3. The van der Waals surface area contributed by atoms with Crippen molar-refractivity contribution >= 4 is 52.7 Å². The molecule has 12 heteroatoms. The number of amides is 2. The minimum atomic E-state index is -0.965. The van der Waals surface area contributed by atoms with Crippen molar-refractivity contribution in [2.75, 3.05) is 19.0 Å². The van der Waals surface area contributed by atoms with Gasteiger partial charge in [0.25, 0.3) is 11.4 Å². The molecule has 11 nitrogen and oxygen atoms in total. The second kappa shape index (κ2) is 13.5. The molecule has 3 aromatic rings. The maximum absolute atomic E-state index is 13.8. The van der Waals surface area contributed by atoms with E-state index in [2.05, 4.69) is 5.32 Å². The van der Waals surface area contributed by atoms with Crippen LogP contribution in [0.2, 0.25) is 0 Å². The van der Waals surface area contributed by atoms with Crippen LogP contribution in [0.25, 0.3) is 12.2 Å². The number of benzene rings is 3. The summed E-state index contributed by atoms with van der Waals surface area (Å²) in [5.41, 5.74) is 2.12. The molecule has 1 fully saturated rings. The Balaban J connectivity index is 1.71. The highest BCUT2D eigenvalue weighted by atomic mass is 35.5. The van der Waals surface area contributed by atoms with E-state index in [9.17, 15) is 34.6 Å². The van der Waals surface area contributed by atoms with Gasteiger partial charge in [-0.05, 0) is 53.1 Å². The van der Waals surface area contributed by atoms with Gasteiger partial charge in [0.2, 0.25) is 11.8 Å². The second-order valence-corrected chi connectivity index (χ2v) is 9.77. The molecule has 1 saturated heterocycles. The van der Waals surface area contributed by atoms with Crippen molar-refractivity contribution in [3.05, 3.63) is 127 Å². The summed E-state index contributed by atoms with van der Waals surface area (Å²) in [6, 6.07) is 19.4. The number of nitro benzene ring substituents is 2. The van der Waals surface area contributed by atoms with Gasteiger partial charge in [0.15, 0.2) is 5.78 Å². The number of Topliss-reactive ketones (excluding diaryl/α,β-unsaturated/α-hetero) is 1. The van der Waals surface area contributed by atoms with Crippen LogP contribution in [0, 0.1) is 20.2 Å². The van der Waals surface area contributed by atoms with Crippen LogP contribution in [-0.2, 0) is 20.8 Å². The number of alkyl halides is 1. The highest BCUT2D eigenvalue weighted by molar-refractivity contribution is 6.27. The maximum atomic E-state index is 13.8. The van der Waals surface area contributed by atoms with Gasteiger partial charge >= 0.3 is 0 Å². The third-order valence-electron chi connectivity index (χ3n) is 6.54. The number of nitro groups is 2. The Kier molecular flexibility index (Phi) is 9.56. The lowest BCUT2D eigenvalue weighted by molar-refractivity contribution is -0.385. The average molecular weight is 589 g/mol. The van der Waals surface area contributed by atoms with Crippen LogP contribution in [0.4, 0.5) is 11.4 Å². The molecule has 1 N–H and O–H groups in total. The number of piperidine rings is 1. The normalized spacial score (nSPS) is 15.8. The van der Waals surface area contributed by atoms with Crippen LogP contribution in [-0.4, -0.2) is 57.4 Å². The van der Waals surface area contributed by atoms with Crippen molar-refractivity contribution in [3.8, 4) is 0 Å². The molecular formula is C30H25ClN4O7. The number of halogens is 1. The number of hydrogen-bond acceptors (Lipinski definition) is 7. The van der Waals surface area contributed by atoms with Crippen LogP contribution in [0.5, 0.6) is 0 Å². The van der Waals surface area contributed by atoms with Crippen LogP contribution >= 0.6 is 11.6 Å². The maximum Gasteiger partial charge on any atom is 0.269 e. The van der Waals surface area contributed by atoms with E-state index in [1.165, 1.54) is 53.4 Å². The molecule has 1 heterocycles. The van der Waals surface area contributed by atoms with Crippen molar-refractivity contribution in [3.63, 3.8) is 0 Å². The number of carbonyl (C=O) groups excluding carboxylic acids is 3. The molecule has 0 saturated carbocycles. The number of hydrogen-bond donors (Lipinski definition) is 1. The molecule has 42 heavy (non-hydrogen) atoms. The molecule has 0 radical (unpaired) electrons. The lowest BCUT2D eigenvalue weighted by Gasteiger charge is -2.33. The van der Waals surface area contributed by atoms with Crippen LogP contribution < -0.4 is 5.32 Å².